The minimum atomic E-state index is -0.0115. The summed E-state index contributed by atoms with van der Waals surface area (Å²) in [6.45, 7) is 12.5. The summed E-state index contributed by atoms with van der Waals surface area (Å²) in [5, 5.41) is 5.30. The standard InChI is InChI=1S/C26H34N6O2/c1-5-30(6-2)24(33)18-29-12-14-31(15-13-29)26(34)21-16-23(20-10-8-7-9-11-20)28-25-22(21)17-27-32(25)19(3)4/h7-11,16-17,19H,5-6,12-15,18H2,1-4H3. The molecule has 4 rings (SSSR count). The lowest BCUT2D eigenvalue weighted by atomic mass is 10.1. The van der Waals surface area contributed by atoms with Crippen LogP contribution in [0.5, 0.6) is 0 Å². The number of pyridine rings is 1. The molecule has 8 nitrogen and oxygen atoms in total. The van der Waals surface area contributed by atoms with Gasteiger partial charge in [-0.3, -0.25) is 14.5 Å². The van der Waals surface area contributed by atoms with Gasteiger partial charge in [0.2, 0.25) is 5.91 Å². The van der Waals surface area contributed by atoms with E-state index in [1.54, 1.807) is 6.20 Å². The lowest BCUT2D eigenvalue weighted by Gasteiger charge is -2.35. The molecule has 0 aliphatic carbocycles. The van der Waals surface area contributed by atoms with Crippen LogP contribution in [0.2, 0.25) is 0 Å². The van der Waals surface area contributed by atoms with Crippen LogP contribution in [-0.2, 0) is 4.79 Å². The average molecular weight is 463 g/mol. The maximum Gasteiger partial charge on any atom is 0.254 e. The van der Waals surface area contributed by atoms with Gasteiger partial charge < -0.3 is 9.80 Å². The summed E-state index contributed by atoms with van der Waals surface area (Å²) in [5.74, 6) is 0.136. The highest BCUT2D eigenvalue weighted by molar-refractivity contribution is 6.06. The number of amides is 2. The molecule has 8 heteroatoms. The zero-order valence-electron chi connectivity index (χ0n) is 20.6. The fourth-order valence-corrected chi connectivity index (χ4v) is 4.48. The van der Waals surface area contributed by atoms with Crippen LogP contribution in [0.3, 0.4) is 0 Å². The molecule has 0 unspecified atom stereocenters. The number of likely N-dealkylation sites (N-methyl/N-ethyl adjacent to an activating group) is 1. The Morgan fingerprint density at radius 2 is 1.71 bits per heavy atom. The number of nitrogens with zero attached hydrogens (tertiary/aromatic N) is 6. The molecule has 2 amide bonds. The van der Waals surface area contributed by atoms with E-state index in [0.717, 1.165) is 35.4 Å². The molecule has 1 aromatic carbocycles. The third-order valence-electron chi connectivity index (χ3n) is 6.49. The summed E-state index contributed by atoms with van der Waals surface area (Å²) in [6.07, 6.45) is 1.75. The molecule has 0 radical (unpaired) electrons. The Labute approximate surface area is 201 Å². The maximum atomic E-state index is 13.7. The molecule has 0 N–H and O–H groups in total. The van der Waals surface area contributed by atoms with E-state index in [2.05, 4.69) is 23.8 Å². The zero-order chi connectivity index (χ0) is 24.2. The van der Waals surface area contributed by atoms with E-state index >= 15 is 0 Å². The normalized spacial score (nSPS) is 14.7. The van der Waals surface area contributed by atoms with Gasteiger partial charge in [-0.15, -0.1) is 0 Å². The smallest absolute Gasteiger partial charge is 0.254 e. The van der Waals surface area contributed by atoms with Crippen molar-refractivity contribution < 1.29 is 9.59 Å². The van der Waals surface area contributed by atoms with Crippen molar-refractivity contribution in [1.29, 1.82) is 0 Å². The van der Waals surface area contributed by atoms with Gasteiger partial charge >= 0.3 is 0 Å². The number of hydrogen-bond donors (Lipinski definition) is 0. The molecule has 3 heterocycles. The highest BCUT2D eigenvalue weighted by atomic mass is 16.2. The second kappa shape index (κ2) is 10.3. The molecule has 0 spiro atoms. The SMILES string of the molecule is CCN(CC)C(=O)CN1CCN(C(=O)c2cc(-c3ccccc3)nc3c2cnn3C(C)C)CC1. The summed E-state index contributed by atoms with van der Waals surface area (Å²) >= 11 is 0. The van der Waals surface area contributed by atoms with E-state index in [9.17, 15) is 9.59 Å². The Kier molecular flexibility index (Phi) is 7.26. The van der Waals surface area contributed by atoms with Gasteiger partial charge in [-0.05, 0) is 33.8 Å². The first kappa shape index (κ1) is 23.9. The van der Waals surface area contributed by atoms with Crippen LogP contribution in [0.1, 0.15) is 44.1 Å². The van der Waals surface area contributed by atoms with Crippen molar-refractivity contribution >= 4 is 22.8 Å². The Balaban J connectivity index is 1.57. The third kappa shape index (κ3) is 4.82. The van der Waals surface area contributed by atoms with Crippen LogP contribution < -0.4 is 0 Å². The lowest BCUT2D eigenvalue weighted by Crippen LogP contribution is -2.51. The predicted octanol–water partition coefficient (Wildman–Crippen LogP) is 3.31. The molecule has 1 aliphatic heterocycles. The van der Waals surface area contributed by atoms with Crippen LogP contribution in [0.4, 0.5) is 0 Å². The summed E-state index contributed by atoms with van der Waals surface area (Å²) in [5.41, 5.74) is 3.09. The van der Waals surface area contributed by atoms with E-state index in [1.165, 1.54) is 0 Å². The summed E-state index contributed by atoms with van der Waals surface area (Å²) in [6, 6.07) is 11.9. The Bertz CT molecular complexity index is 1140. The molecule has 0 atom stereocenters. The molecule has 180 valence electrons. The van der Waals surface area contributed by atoms with Crippen molar-refractivity contribution in [2.24, 2.45) is 0 Å². The van der Waals surface area contributed by atoms with E-state index in [4.69, 9.17) is 4.98 Å². The summed E-state index contributed by atoms with van der Waals surface area (Å²) < 4.78 is 1.87. The first-order valence-corrected chi connectivity index (χ1v) is 12.2. The van der Waals surface area contributed by atoms with Gasteiger partial charge in [0.25, 0.3) is 5.91 Å². The van der Waals surface area contributed by atoms with Crippen molar-refractivity contribution in [3.05, 3.63) is 48.2 Å². The van der Waals surface area contributed by atoms with Crippen LogP contribution in [0.25, 0.3) is 22.3 Å². The van der Waals surface area contributed by atoms with Gasteiger partial charge in [0.15, 0.2) is 5.65 Å². The van der Waals surface area contributed by atoms with E-state index < -0.39 is 0 Å². The highest BCUT2D eigenvalue weighted by Crippen LogP contribution is 2.27. The number of piperazine rings is 1. The van der Waals surface area contributed by atoms with Crippen molar-refractivity contribution in [2.75, 3.05) is 45.8 Å². The Hall–Kier alpha value is -3.26. The molecule has 0 bridgehead atoms. The zero-order valence-corrected chi connectivity index (χ0v) is 20.6. The van der Waals surface area contributed by atoms with Gasteiger partial charge in [-0.2, -0.15) is 5.10 Å². The molecule has 3 aromatic rings. The topological polar surface area (TPSA) is 74.6 Å². The Morgan fingerprint density at radius 1 is 1.03 bits per heavy atom. The lowest BCUT2D eigenvalue weighted by molar-refractivity contribution is -0.132. The predicted molar refractivity (Wildman–Crippen MR) is 134 cm³/mol. The quantitative estimate of drug-likeness (QED) is 0.539. The second-order valence-corrected chi connectivity index (χ2v) is 8.98. The molecule has 1 saturated heterocycles. The monoisotopic (exact) mass is 462 g/mol. The largest absolute Gasteiger partial charge is 0.342 e. The van der Waals surface area contributed by atoms with Crippen molar-refractivity contribution in [2.45, 2.75) is 33.7 Å². The van der Waals surface area contributed by atoms with Crippen molar-refractivity contribution in [3.63, 3.8) is 0 Å². The third-order valence-corrected chi connectivity index (χ3v) is 6.49. The molecule has 1 aliphatic rings. The average Bonchev–Trinajstić information content (AvgIpc) is 3.29. The number of rotatable bonds is 7. The van der Waals surface area contributed by atoms with E-state index in [0.29, 0.717) is 38.3 Å². The van der Waals surface area contributed by atoms with Crippen LogP contribution >= 0.6 is 0 Å². The number of hydrogen-bond acceptors (Lipinski definition) is 5. The van der Waals surface area contributed by atoms with E-state index in [1.807, 2.05) is 64.7 Å². The van der Waals surface area contributed by atoms with Gasteiger partial charge in [0, 0.05) is 50.9 Å². The molecular formula is C26H34N6O2. The number of benzene rings is 1. The number of fused-ring (bicyclic) bond motifs is 1. The first-order valence-electron chi connectivity index (χ1n) is 12.2. The van der Waals surface area contributed by atoms with Gasteiger partial charge in [0.1, 0.15) is 0 Å². The number of aromatic nitrogens is 3. The van der Waals surface area contributed by atoms with Crippen LogP contribution in [0, 0.1) is 0 Å². The minimum absolute atomic E-state index is 0.0115. The van der Waals surface area contributed by atoms with Gasteiger partial charge in [-0.25, -0.2) is 9.67 Å². The van der Waals surface area contributed by atoms with Gasteiger partial charge in [0.05, 0.1) is 29.4 Å². The Morgan fingerprint density at radius 3 is 2.32 bits per heavy atom. The highest BCUT2D eigenvalue weighted by Gasteiger charge is 2.27. The van der Waals surface area contributed by atoms with Crippen LogP contribution in [-0.4, -0.2) is 87.1 Å². The fourth-order valence-electron chi connectivity index (χ4n) is 4.48. The maximum absolute atomic E-state index is 13.7. The molecule has 0 saturated carbocycles. The second-order valence-electron chi connectivity index (χ2n) is 8.98. The minimum Gasteiger partial charge on any atom is -0.342 e. The fraction of sp³-hybridized carbons (Fsp3) is 0.462. The van der Waals surface area contributed by atoms with Gasteiger partial charge in [-0.1, -0.05) is 30.3 Å². The molecule has 1 fully saturated rings. The van der Waals surface area contributed by atoms with Crippen molar-refractivity contribution in [3.8, 4) is 11.3 Å². The molecule has 2 aromatic heterocycles. The summed E-state index contributed by atoms with van der Waals surface area (Å²) in [4.78, 5) is 36.9. The van der Waals surface area contributed by atoms with E-state index in [-0.39, 0.29) is 17.9 Å². The molecule has 34 heavy (non-hydrogen) atoms. The first-order chi connectivity index (χ1) is 16.4. The number of carbonyl (C=O) groups excluding carboxylic acids is 2. The number of carbonyl (C=O) groups is 2. The van der Waals surface area contributed by atoms with Crippen molar-refractivity contribution in [1.82, 2.24) is 29.5 Å². The van der Waals surface area contributed by atoms with Crippen LogP contribution in [0.15, 0.2) is 42.6 Å². The molecular weight excluding hydrogens is 428 g/mol. The summed E-state index contributed by atoms with van der Waals surface area (Å²) in [7, 11) is 0.